The topological polar surface area (TPSA) is 24.5 Å². The normalized spacial score (nSPS) is 30.0. The molecule has 1 unspecified atom stereocenters. The lowest BCUT2D eigenvalue weighted by molar-refractivity contribution is -0.0700. The molecule has 1 atom stereocenters. The number of hydrogen-bond acceptors (Lipinski definition) is 3. The molecule has 0 spiro atoms. The van der Waals surface area contributed by atoms with E-state index in [0.717, 1.165) is 19.1 Å². The number of hydrogen-bond donors (Lipinski definition) is 1. The Kier molecular flexibility index (Phi) is 4.22. The van der Waals surface area contributed by atoms with Crippen LogP contribution in [0.1, 0.15) is 38.5 Å². The second-order valence-electron chi connectivity index (χ2n) is 5.50. The minimum Gasteiger partial charge on any atom is -0.377 e. The predicted molar refractivity (Wildman–Crippen MR) is 66.7 cm³/mol. The molecule has 1 saturated heterocycles. The predicted octanol–water partition coefficient (Wildman–Crippen LogP) is 1.63. The zero-order valence-corrected chi connectivity index (χ0v) is 10.8. The van der Waals surface area contributed by atoms with Gasteiger partial charge in [-0.05, 0) is 45.7 Å². The van der Waals surface area contributed by atoms with E-state index in [1.807, 2.05) is 7.11 Å². The van der Waals surface area contributed by atoms with E-state index in [2.05, 4.69) is 17.3 Å². The number of likely N-dealkylation sites (N-methyl/N-ethyl adjacent to an activating group) is 1. The van der Waals surface area contributed by atoms with Gasteiger partial charge in [-0.2, -0.15) is 0 Å². The molecule has 2 aliphatic rings. The van der Waals surface area contributed by atoms with E-state index in [0.29, 0.717) is 0 Å². The Morgan fingerprint density at radius 3 is 2.69 bits per heavy atom. The number of piperidine rings is 1. The van der Waals surface area contributed by atoms with Gasteiger partial charge in [-0.25, -0.2) is 0 Å². The molecule has 0 aromatic carbocycles. The Hall–Kier alpha value is -0.120. The molecule has 0 radical (unpaired) electrons. The van der Waals surface area contributed by atoms with Crippen LogP contribution < -0.4 is 5.32 Å². The van der Waals surface area contributed by atoms with Crippen LogP contribution >= 0.6 is 0 Å². The molecular formula is C13H26N2O. The van der Waals surface area contributed by atoms with E-state index >= 15 is 0 Å². The van der Waals surface area contributed by atoms with Crippen LogP contribution in [-0.2, 0) is 4.74 Å². The third-order valence-corrected chi connectivity index (χ3v) is 4.45. The van der Waals surface area contributed by atoms with Crippen molar-refractivity contribution in [1.82, 2.24) is 10.2 Å². The summed E-state index contributed by atoms with van der Waals surface area (Å²) in [6.07, 6.45) is 7.91. The molecule has 2 fully saturated rings. The van der Waals surface area contributed by atoms with E-state index in [-0.39, 0.29) is 5.60 Å². The van der Waals surface area contributed by atoms with Gasteiger partial charge in [0, 0.05) is 26.2 Å². The minimum atomic E-state index is 0.174. The van der Waals surface area contributed by atoms with Crippen molar-refractivity contribution in [2.24, 2.45) is 0 Å². The summed E-state index contributed by atoms with van der Waals surface area (Å²) < 4.78 is 5.61. The van der Waals surface area contributed by atoms with Crippen molar-refractivity contribution in [2.75, 3.05) is 33.8 Å². The highest BCUT2D eigenvalue weighted by Gasteiger charge is 2.36. The quantitative estimate of drug-likeness (QED) is 0.771. The first kappa shape index (κ1) is 12.3. The number of rotatable bonds is 5. The first-order valence-corrected chi connectivity index (χ1v) is 6.72. The van der Waals surface area contributed by atoms with Gasteiger partial charge in [-0.1, -0.05) is 6.42 Å². The maximum Gasteiger partial charge on any atom is 0.0802 e. The Morgan fingerprint density at radius 2 is 2.12 bits per heavy atom. The molecule has 1 saturated carbocycles. The van der Waals surface area contributed by atoms with Crippen molar-refractivity contribution in [3.05, 3.63) is 0 Å². The largest absolute Gasteiger partial charge is 0.377 e. The zero-order valence-electron chi connectivity index (χ0n) is 10.8. The van der Waals surface area contributed by atoms with Gasteiger partial charge in [-0.15, -0.1) is 0 Å². The molecule has 0 aromatic heterocycles. The molecule has 1 aliphatic heterocycles. The fourth-order valence-corrected chi connectivity index (χ4v) is 2.89. The van der Waals surface area contributed by atoms with Crippen molar-refractivity contribution < 1.29 is 4.74 Å². The van der Waals surface area contributed by atoms with Crippen LogP contribution in [0.4, 0.5) is 0 Å². The smallest absolute Gasteiger partial charge is 0.0802 e. The molecule has 3 heteroatoms. The summed E-state index contributed by atoms with van der Waals surface area (Å²) in [5.41, 5.74) is 0.174. The first-order valence-electron chi connectivity index (χ1n) is 6.72. The molecule has 1 N–H and O–H groups in total. The number of nitrogens with zero attached hydrogens (tertiary/aromatic N) is 1. The molecular weight excluding hydrogens is 200 g/mol. The van der Waals surface area contributed by atoms with E-state index in [4.69, 9.17) is 4.74 Å². The fraction of sp³-hybridized carbons (Fsp3) is 1.00. The van der Waals surface area contributed by atoms with Crippen LogP contribution in [0.3, 0.4) is 0 Å². The SMILES string of the molecule is COC1(CNCC2CCCCN2C)CCC1. The van der Waals surface area contributed by atoms with Crippen LogP contribution in [0.2, 0.25) is 0 Å². The van der Waals surface area contributed by atoms with Crippen LogP contribution in [0.5, 0.6) is 0 Å². The minimum absolute atomic E-state index is 0.174. The van der Waals surface area contributed by atoms with Gasteiger partial charge >= 0.3 is 0 Å². The Labute approximate surface area is 99.5 Å². The molecule has 0 aromatic rings. The second-order valence-corrected chi connectivity index (χ2v) is 5.50. The molecule has 0 amide bonds. The van der Waals surface area contributed by atoms with Gasteiger partial charge in [0.15, 0.2) is 0 Å². The number of likely N-dealkylation sites (tertiary alicyclic amines) is 1. The van der Waals surface area contributed by atoms with E-state index < -0.39 is 0 Å². The van der Waals surface area contributed by atoms with Crippen molar-refractivity contribution in [3.8, 4) is 0 Å². The average molecular weight is 226 g/mol. The molecule has 94 valence electrons. The van der Waals surface area contributed by atoms with Gasteiger partial charge in [0.1, 0.15) is 0 Å². The summed E-state index contributed by atoms with van der Waals surface area (Å²) >= 11 is 0. The lowest BCUT2D eigenvalue weighted by Gasteiger charge is -2.41. The van der Waals surface area contributed by atoms with Crippen molar-refractivity contribution >= 4 is 0 Å². The Bertz CT molecular complexity index is 210. The van der Waals surface area contributed by atoms with Crippen molar-refractivity contribution in [2.45, 2.75) is 50.2 Å². The lowest BCUT2D eigenvalue weighted by atomic mass is 9.80. The zero-order chi connectivity index (χ0) is 11.4. The van der Waals surface area contributed by atoms with Crippen LogP contribution in [0.15, 0.2) is 0 Å². The van der Waals surface area contributed by atoms with Gasteiger partial charge < -0.3 is 15.0 Å². The molecule has 2 rings (SSSR count). The molecule has 3 nitrogen and oxygen atoms in total. The summed E-state index contributed by atoms with van der Waals surface area (Å²) in [4.78, 5) is 2.50. The highest BCUT2D eigenvalue weighted by molar-refractivity contribution is 4.92. The molecule has 16 heavy (non-hydrogen) atoms. The molecule has 0 bridgehead atoms. The van der Waals surface area contributed by atoms with Gasteiger partial charge in [0.25, 0.3) is 0 Å². The molecule has 1 aliphatic carbocycles. The van der Waals surface area contributed by atoms with Crippen LogP contribution in [-0.4, -0.2) is 50.3 Å². The maximum atomic E-state index is 5.61. The van der Waals surface area contributed by atoms with E-state index in [1.165, 1.54) is 45.1 Å². The third kappa shape index (κ3) is 2.76. The summed E-state index contributed by atoms with van der Waals surface area (Å²) in [7, 11) is 4.11. The summed E-state index contributed by atoms with van der Waals surface area (Å²) in [6, 6.07) is 0.739. The Morgan fingerprint density at radius 1 is 1.31 bits per heavy atom. The van der Waals surface area contributed by atoms with Crippen molar-refractivity contribution in [3.63, 3.8) is 0 Å². The summed E-state index contributed by atoms with van der Waals surface area (Å²) in [6.45, 7) is 3.43. The van der Waals surface area contributed by atoms with E-state index in [9.17, 15) is 0 Å². The van der Waals surface area contributed by atoms with Gasteiger partial charge in [0.05, 0.1) is 5.60 Å². The highest BCUT2D eigenvalue weighted by atomic mass is 16.5. The van der Waals surface area contributed by atoms with Crippen LogP contribution in [0.25, 0.3) is 0 Å². The molecule has 1 heterocycles. The summed E-state index contributed by atoms with van der Waals surface area (Å²) in [5, 5.41) is 3.61. The van der Waals surface area contributed by atoms with E-state index in [1.54, 1.807) is 0 Å². The number of methoxy groups -OCH3 is 1. The number of ether oxygens (including phenoxy) is 1. The second kappa shape index (κ2) is 5.48. The monoisotopic (exact) mass is 226 g/mol. The lowest BCUT2D eigenvalue weighted by Crippen LogP contribution is -2.51. The standard InChI is InChI=1S/C13H26N2O/c1-15-9-4-3-6-12(15)10-14-11-13(16-2)7-5-8-13/h12,14H,3-11H2,1-2H3. The maximum absolute atomic E-state index is 5.61. The third-order valence-electron chi connectivity index (χ3n) is 4.45. The Balaban J connectivity index is 1.66. The van der Waals surface area contributed by atoms with Crippen LogP contribution in [0, 0.1) is 0 Å². The van der Waals surface area contributed by atoms with Gasteiger partial charge in [0.2, 0.25) is 0 Å². The number of nitrogens with one attached hydrogen (secondary N) is 1. The first-order chi connectivity index (χ1) is 7.76. The fourth-order valence-electron chi connectivity index (χ4n) is 2.89. The summed E-state index contributed by atoms with van der Waals surface area (Å²) in [5.74, 6) is 0. The average Bonchev–Trinajstić information content (AvgIpc) is 2.25. The van der Waals surface area contributed by atoms with Crippen molar-refractivity contribution in [1.29, 1.82) is 0 Å². The highest BCUT2D eigenvalue weighted by Crippen LogP contribution is 2.34. The van der Waals surface area contributed by atoms with Gasteiger partial charge in [-0.3, -0.25) is 0 Å².